The number of nitro groups is 1. The van der Waals surface area contributed by atoms with Crippen molar-refractivity contribution in [3.05, 3.63) is 75.6 Å². The van der Waals surface area contributed by atoms with Gasteiger partial charge in [-0.25, -0.2) is 0 Å². The molecule has 1 heterocycles. The Morgan fingerprint density at radius 1 is 1.12 bits per heavy atom. The van der Waals surface area contributed by atoms with E-state index in [0.29, 0.717) is 16.5 Å². The zero-order valence-corrected chi connectivity index (χ0v) is 20.1. The van der Waals surface area contributed by atoms with Gasteiger partial charge in [0.15, 0.2) is 11.0 Å². The SMILES string of the molecule is Cc1ccc(C(=O)N[C@H](c2nnc(SCC(=O)Nc3ccccc3[N+](=O)[O-])n2C)C(C)C)cc1. The number of hydrogen-bond acceptors (Lipinski definition) is 7. The summed E-state index contributed by atoms with van der Waals surface area (Å²) in [5.41, 5.74) is 1.58. The molecule has 0 aliphatic carbocycles. The average molecular weight is 483 g/mol. The largest absolute Gasteiger partial charge is 0.342 e. The number of rotatable bonds is 9. The van der Waals surface area contributed by atoms with Gasteiger partial charge in [-0.05, 0) is 31.0 Å². The van der Waals surface area contributed by atoms with Crippen LogP contribution in [-0.4, -0.2) is 37.3 Å². The van der Waals surface area contributed by atoms with E-state index in [-0.39, 0.29) is 35.0 Å². The minimum Gasteiger partial charge on any atom is -0.342 e. The molecule has 0 saturated heterocycles. The fourth-order valence-corrected chi connectivity index (χ4v) is 3.95. The number of amides is 2. The molecule has 0 aliphatic rings. The van der Waals surface area contributed by atoms with Crippen molar-refractivity contribution in [2.45, 2.75) is 32.0 Å². The second-order valence-electron chi connectivity index (χ2n) is 8.07. The third-order valence-corrected chi connectivity index (χ3v) is 6.14. The molecular formula is C23H26N6O4S. The van der Waals surface area contributed by atoms with Crippen LogP contribution in [-0.2, 0) is 11.8 Å². The Morgan fingerprint density at radius 3 is 2.44 bits per heavy atom. The van der Waals surface area contributed by atoms with E-state index in [9.17, 15) is 19.7 Å². The Hall–Kier alpha value is -3.73. The molecule has 3 rings (SSSR count). The Morgan fingerprint density at radius 2 is 1.79 bits per heavy atom. The molecule has 3 aromatic rings. The molecule has 34 heavy (non-hydrogen) atoms. The number of thioether (sulfide) groups is 1. The number of para-hydroxylation sites is 2. The van der Waals surface area contributed by atoms with Gasteiger partial charge in [0.05, 0.1) is 16.7 Å². The Labute approximate surface area is 201 Å². The third kappa shape index (κ3) is 5.98. The molecule has 0 bridgehead atoms. The smallest absolute Gasteiger partial charge is 0.292 e. The van der Waals surface area contributed by atoms with Gasteiger partial charge in [0.1, 0.15) is 5.69 Å². The van der Waals surface area contributed by atoms with Crippen molar-refractivity contribution in [2.24, 2.45) is 13.0 Å². The second-order valence-corrected chi connectivity index (χ2v) is 9.01. The normalized spacial score (nSPS) is 11.8. The van der Waals surface area contributed by atoms with Crippen LogP contribution in [0.1, 0.15) is 41.6 Å². The zero-order chi connectivity index (χ0) is 24.8. The summed E-state index contributed by atoms with van der Waals surface area (Å²) in [7, 11) is 1.77. The molecule has 0 spiro atoms. The minimum atomic E-state index is -0.547. The van der Waals surface area contributed by atoms with Crippen LogP contribution in [0.4, 0.5) is 11.4 Å². The van der Waals surface area contributed by atoms with Gasteiger partial charge in [-0.15, -0.1) is 10.2 Å². The van der Waals surface area contributed by atoms with Crippen LogP contribution < -0.4 is 10.6 Å². The molecular weight excluding hydrogens is 456 g/mol. The number of anilines is 1. The number of aryl methyl sites for hydroxylation is 1. The summed E-state index contributed by atoms with van der Waals surface area (Å²) in [6, 6.07) is 12.9. The molecule has 11 heteroatoms. The van der Waals surface area contributed by atoms with E-state index < -0.39 is 10.8 Å². The topological polar surface area (TPSA) is 132 Å². The highest BCUT2D eigenvalue weighted by Gasteiger charge is 2.25. The summed E-state index contributed by atoms with van der Waals surface area (Å²) in [5, 5.41) is 25.6. The fraction of sp³-hybridized carbons (Fsp3) is 0.304. The molecule has 0 radical (unpaired) electrons. The number of benzene rings is 2. The first kappa shape index (κ1) is 24.9. The van der Waals surface area contributed by atoms with Crippen LogP contribution in [0.3, 0.4) is 0 Å². The van der Waals surface area contributed by atoms with E-state index in [2.05, 4.69) is 20.8 Å². The van der Waals surface area contributed by atoms with E-state index in [1.165, 1.54) is 18.2 Å². The van der Waals surface area contributed by atoms with Crippen molar-refractivity contribution in [2.75, 3.05) is 11.1 Å². The quantitative estimate of drug-likeness (QED) is 0.269. The summed E-state index contributed by atoms with van der Waals surface area (Å²) >= 11 is 1.15. The zero-order valence-electron chi connectivity index (χ0n) is 19.3. The van der Waals surface area contributed by atoms with Crippen LogP contribution >= 0.6 is 11.8 Å². The molecule has 0 saturated carbocycles. The lowest BCUT2D eigenvalue weighted by Crippen LogP contribution is -2.33. The van der Waals surface area contributed by atoms with Crippen LogP contribution in [0.5, 0.6) is 0 Å². The molecule has 2 amide bonds. The molecule has 0 aliphatic heterocycles. The highest BCUT2D eigenvalue weighted by atomic mass is 32.2. The summed E-state index contributed by atoms with van der Waals surface area (Å²) in [6.45, 7) is 5.91. The molecule has 0 unspecified atom stereocenters. The maximum Gasteiger partial charge on any atom is 0.292 e. The Kier molecular flexibility index (Phi) is 8.00. The van der Waals surface area contributed by atoms with Crippen molar-refractivity contribution in [1.29, 1.82) is 0 Å². The van der Waals surface area contributed by atoms with Crippen molar-refractivity contribution >= 4 is 35.0 Å². The molecule has 2 N–H and O–H groups in total. The summed E-state index contributed by atoms with van der Waals surface area (Å²) < 4.78 is 1.74. The molecule has 0 fully saturated rings. The highest BCUT2D eigenvalue weighted by molar-refractivity contribution is 7.99. The standard InChI is InChI=1S/C23H26N6O4S/c1-14(2)20(25-22(31)16-11-9-15(3)10-12-16)21-26-27-23(28(21)4)34-13-19(30)24-17-7-5-6-8-18(17)29(32)33/h5-12,14,20H,13H2,1-4H3,(H,24,30)(H,25,31)/t20-/m0/s1. The van der Waals surface area contributed by atoms with E-state index in [1.807, 2.05) is 32.9 Å². The van der Waals surface area contributed by atoms with Crippen molar-refractivity contribution in [1.82, 2.24) is 20.1 Å². The summed E-state index contributed by atoms with van der Waals surface area (Å²) in [4.78, 5) is 35.7. The van der Waals surface area contributed by atoms with Gasteiger partial charge >= 0.3 is 0 Å². The Bertz CT molecular complexity index is 1190. The minimum absolute atomic E-state index is 0.0138. The van der Waals surface area contributed by atoms with Gasteiger partial charge < -0.3 is 15.2 Å². The predicted molar refractivity (Wildman–Crippen MR) is 130 cm³/mol. The lowest BCUT2D eigenvalue weighted by atomic mass is 10.0. The first-order valence-electron chi connectivity index (χ1n) is 10.6. The van der Waals surface area contributed by atoms with Gasteiger partial charge in [0.25, 0.3) is 11.6 Å². The lowest BCUT2D eigenvalue weighted by molar-refractivity contribution is -0.383. The molecule has 2 aromatic carbocycles. The number of hydrogen-bond donors (Lipinski definition) is 2. The van der Waals surface area contributed by atoms with Crippen LogP contribution in [0.2, 0.25) is 0 Å². The van der Waals surface area contributed by atoms with Crippen molar-refractivity contribution < 1.29 is 14.5 Å². The van der Waals surface area contributed by atoms with E-state index >= 15 is 0 Å². The van der Waals surface area contributed by atoms with E-state index in [4.69, 9.17) is 0 Å². The molecule has 178 valence electrons. The van der Waals surface area contributed by atoms with Crippen LogP contribution in [0.15, 0.2) is 53.7 Å². The number of aromatic nitrogens is 3. The van der Waals surface area contributed by atoms with Gasteiger partial charge in [-0.2, -0.15) is 0 Å². The molecule has 1 atom stereocenters. The number of carbonyl (C=O) groups excluding carboxylic acids is 2. The maximum absolute atomic E-state index is 12.8. The van der Waals surface area contributed by atoms with Crippen LogP contribution in [0.25, 0.3) is 0 Å². The van der Waals surface area contributed by atoms with Gasteiger partial charge in [0.2, 0.25) is 5.91 Å². The number of nitrogens with zero attached hydrogens (tertiary/aromatic N) is 4. The monoisotopic (exact) mass is 482 g/mol. The number of nitrogens with one attached hydrogen (secondary N) is 2. The third-order valence-electron chi connectivity index (χ3n) is 5.12. The van der Waals surface area contributed by atoms with Gasteiger partial charge in [-0.3, -0.25) is 19.7 Å². The second kappa shape index (κ2) is 10.9. The molecule has 1 aromatic heterocycles. The van der Waals surface area contributed by atoms with Crippen LogP contribution in [0, 0.1) is 23.0 Å². The van der Waals surface area contributed by atoms with E-state index in [1.54, 1.807) is 29.8 Å². The lowest BCUT2D eigenvalue weighted by Gasteiger charge is -2.21. The fourth-order valence-electron chi connectivity index (χ4n) is 3.24. The molecule has 10 nitrogen and oxygen atoms in total. The average Bonchev–Trinajstić information content (AvgIpc) is 3.16. The number of carbonyl (C=O) groups is 2. The Balaban J connectivity index is 1.67. The van der Waals surface area contributed by atoms with Gasteiger partial charge in [0, 0.05) is 18.7 Å². The van der Waals surface area contributed by atoms with E-state index in [0.717, 1.165) is 17.3 Å². The first-order chi connectivity index (χ1) is 16.2. The van der Waals surface area contributed by atoms with Gasteiger partial charge in [-0.1, -0.05) is 55.4 Å². The highest BCUT2D eigenvalue weighted by Crippen LogP contribution is 2.26. The summed E-state index contributed by atoms with van der Waals surface area (Å²) in [6.07, 6.45) is 0. The predicted octanol–water partition coefficient (Wildman–Crippen LogP) is 3.89. The summed E-state index contributed by atoms with van der Waals surface area (Å²) in [5.74, 6) is -0.0223. The maximum atomic E-state index is 12.8. The van der Waals surface area contributed by atoms with Crippen molar-refractivity contribution in [3.8, 4) is 0 Å². The number of nitro benzene ring substituents is 1. The first-order valence-corrected chi connectivity index (χ1v) is 11.6. The van der Waals surface area contributed by atoms with Crippen molar-refractivity contribution in [3.63, 3.8) is 0 Å².